The summed E-state index contributed by atoms with van der Waals surface area (Å²) in [4.78, 5) is 0. The Hall–Kier alpha value is -0.670. The smallest absolute Gasteiger partial charge is 0.0595 e. The maximum absolute atomic E-state index is 6.24. The van der Waals surface area contributed by atoms with Crippen LogP contribution in [0.4, 0.5) is 0 Å². The molecule has 0 bridgehead atoms. The molecule has 0 spiro atoms. The highest BCUT2D eigenvalue weighted by molar-refractivity contribution is 7.97. The minimum absolute atomic E-state index is 0.396. The van der Waals surface area contributed by atoms with Crippen molar-refractivity contribution in [1.82, 2.24) is 5.32 Å². The van der Waals surface area contributed by atoms with Crippen molar-refractivity contribution in [2.45, 2.75) is 30.6 Å². The molecule has 0 heterocycles. The number of hydrogen-bond donors (Lipinski definition) is 1. The molecule has 1 aliphatic rings. The Labute approximate surface area is 152 Å². The van der Waals surface area contributed by atoms with Gasteiger partial charge in [-0.05, 0) is 60.5 Å². The van der Waals surface area contributed by atoms with E-state index in [1.807, 2.05) is 23.9 Å². The minimum Gasteiger partial charge on any atom is -0.313 e. The summed E-state index contributed by atoms with van der Waals surface area (Å²) in [5, 5.41) is 4.73. The highest BCUT2D eigenvalue weighted by Gasteiger charge is 2.27. The molecule has 2 aromatic rings. The van der Waals surface area contributed by atoms with Crippen LogP contribution in [0.5, 0.6) is 0 Å². The molecular weight excluding hydrogens is 345 g/mol. The maximum Gasteiger partial charge on any atom is 0.0595 e. The van der Waals surface area contributed by atoms with Crippen molar-refractivity contribution in [2.24, 2.45) is 0 Å². The van der Waals surface area contributed by atoms with Crippen LogP contribution in [0.3, 0.4) is 0 Å². The number of rotatable bonds is 4. The van der Waals surface area contributed by atoms with Crippen molar-refractivity contribution < 1.29 is 0 Å². The van der Waals surface area contributed by atoms with E-state index in [2.05, 4.69) is 42.9 Å². The second-order valence-corrected chi connectivity index (χ2v) is 7.72. The predicted molar refractivity (Wildman–Crippen MR) is 103 cm³/mol. The van der Waals surface area contributed by atoms with Crippen LogP contribution in [-0.4, -0.2) is 13.3 Å². The van der Waals surface area contributed by atoms with Crippen LogP contribution in [0, 0.1) is 0 Å². The number of halogens is 2. The first-order chi connectivity index (χ1) is 11.1. The summed E-state index contributed by atoms with van der Waals surface area (Å²) in [6, 6.07) is 13.4. The molecule has 0 saturated heterocycles. The van der Waals surface area contributed by atoms with Crippen molar-refractivity contribution in [3.63, 3.8) is 0 Å². The van der Waals surface area contributed by atoms with Gasteiger partial charge < -0.3 is 5.32 Å². The summed E-state index contributed by atoms with van der Waals surface area (Å²) in [5.74, 6) is 1.45. The third kappa shape index (κ3) is 3.56. The van der Waals surface area contributed by atoms with Crippen LogP contribution in [0.25, 0.3) is 0 Å². The number of nitrogens with one attached hydrogen (secondary N) is 1. The summed E-state index contributed by atoms with van der Waals surface area (Å²) < 4.78 is 0. The van der Waals surface area contributed by atoms with Gasteiger partial charge in [-0.15, -0.1) is 0 Å². The Kier molecular flexibility index (Phi) is 5.58. The van der Waals surface area contributed by atoms with Gasteiger partial charge in [0.25, 0.3) is 0 Å². The number of fused-ring (bicyclic) bond motifs is 1. The number of hydrogen-bond acceptors (Lipinski definition) is 2. The Bertz CT molecular complexity index is 702. The summed E-state index contributed by atoms with van der Waals surface area (Å²) in [5.41, 5.74) is 5.50. The lowest BCUT2D eigenvalue weighted by molar-refractivity contribution is 0.470. The van der Waals surface area contributed by atoms with Gasteiger partial charge in [0.2, 0.25) is 0 Å². The molecule has 3 rings (SSSR count). The molecule has 2 atom stereocenters. The van der Waals surface area contributed by atoms with Crippen molar-refractivity contribution in [1.29, 1.82) is 0 Å². The van der Waals surface area contributed by atoms with E-state index in [1.165, 1.54) is 22.3 Å². The van der Waals surface area contributed by atoms with Gasteiger partial charge in [-0.2, -0.15) is 11.8 Å². The Morgan fingerprint density at radius 3 is 2.57 bits per heavy atom. The van der Waals surface area contributed by atoms with Crippen LogP contribution in [0.2, 0.25) is 10.0 Å². The fourth-order valence-corrected chi connectivity index (χ4v) is 4.34. The summed E-state index contributed by atoms with van der Waals surface area (Å²) >= 11 is 14.2. The molecule has 4 heteroatoms. The highest BCUT2D eigenvalue weighted by Crippen LogP contribution is 2.42. The fraction of sp³-hybridized carbons (Fsp3) is 0.368. The standard InChI is InChI=1S/C19H21Cl2NS/c1-22-19-8-6-14(13-4-7-17(20)18(21)10-13)15-5-3-12(11-23-2)9-16(15)19/h3-5,7,9-10,14,19,22H,6,8,11H2,1-2H3/t14-,19?/m0/s1. The molecule has 1 unspecified atom stereocenters. The lowest BCUT2D eigenvalue weighted by Gasteiger charge is -2.32. The zero-order chi connectivity index (χ0) is 16.4. The van der Waals surface area contributed by atoms with E-state index < -0.39 is 0 Å². The Morgan fingerprint density at radius 1 is 1.04 bits per heavy atom. The normalized spacial score (nSPS) is 20.3. The molecular formula is C19H21Cl2NS. The lowest BCUT2D eigenvalue weighted by atomic mass is 9.76. The largest absolute Gasteiger partial charge is 0.313 e. The number of thioether (sulfide) groups is 1. The zero-order valence-corrected chi connectivity index (χ0v) is 15.7. The van der Waals surface area contributed by atoms with Crippen LogP contribution in [0.1, 0.15) is 47.1 Å². The van der Waals surface area contributed by atoms with E-state index in [0.29, 0.717) is 22.0 Å². The van der Waals surface area contributed by atoms with E-state index in [0.717, 1.165) is 18.6 Å². The molecule has 0 aliphatic heterocycles. The van der Waals surface area contributed by atoms with Gasteiger partial charge in [-0.3, -0.25) is 0 Å². The molecule has 2 aromatic carbocycles. The van der Waals surface area contributed by atoms with Crippen molar-refractivity contribution >= 4 is 35.0 Å². The molecule has 1 aliphatic carbocycles. The quantitative estimate of drug-likeness (QED) is 0.708. The lowest BCUT2D eigenvalue weighted by Crippen LogP contribution is -2.24. The maximum atomic E-state index is 6.24. The monoisotopic (exact) mass is 365 g/mol. The van der Waals surface area contributed by atoms with E-state index in [4.69, 9.17) is 23.2 Å². The van der Waals surface area contributed by atoms with Crippen LogP contribution >= 0.6 is 35.0 Å². The van der Waals surface area contributed by atoms with Crippen molar-refractivity contribution in [3.05, 3.63) is 68.7 Å². The van der Waals surface area contributed by atoms with Crippen molar-refractivity contribution in [3.8, 4) is 0 Å². The topological polar surface area (TPSA) is 12.0 Å². The molecule has 23 heavy (non-hydrogen) atoms. The Balaban J connectivity index is 2.03. The van der Waals surface area contributed by atoms with Gasteiger partial charge >= 0.3 is 0 Å². The molecule has 1 nitrogen and oxygen atoms in total. The van der Waals surface area contributed by atoms with Crippen LogP contribution in [-0.2, 0) is 5.75 Å². The van der Waals surface area contributed by atoms with E-state index in [1.54, 1.807) is 0 Å². The van der Waals surface area contributed by atoms with E-state index in [-0.39, 0.29) is 0 Å². The number of benzene rings is 2. The minimum atomic E-state index is 0.396. The SMILES string of the molecule is CNC1CC[C@@H](c2ccc(Cl)c(Cl)c2)c2ccc(CSC)cc21. The van der Waals surface area contributed by atoms with Crippen molar-refractivity contribution in [2.75, 3.05) is 13.3 Å². The fourth-order valence-electron chi connectivity index (χ4n) is 3.52. The van der Waals surface area contributed by atoms with Crippen LogP contribution in [0.15, 0.2) is 36.4 Å². The van der Waals surface area contributed by atoms with Crippen LogP contribution < -0.4 is 5.32 Å². The summed E-state index contributed by atoms with van der Waals surface area (Å²) in [7, 11) is 2.05. The molecule has 122 valence electrons. The Morgan fingerprint density at radius 2 is 1.87 bits per heavy atom. The average Bonchev–Trinajstić information content (AvgIpc) is 2.56. The molecule has 1 N–H and O–H groups in total. The molecule has 0 aromatic heterocycles. The first kappa shape index (κ1) is 17.2. The third-order valence-corrected chi connectivity index (χ3v) is 6.01. The summed E-state index contributed by atoms with van der Waals surface area (Å²) in [6.07, 6.45) is 4.41. The third-order valence-electron chi connectivity index (χ3n) is 4.65. The molecule has 0 fully saturated rings. The predicted octanol–water partition coefficient (Wildman–Crippen LogP) is 6.04. The van der Waals surface area contributed by atoms with E-state index in [9.17, 15) is 0 Å². The first-order valence-corrected chi connectivity index (χ1v) is 10.0. The van der Waals surface area contributed by atoms with Gasteiger partial charge in [-0.1, -0.05) is 47.5 Å². The molecule has 0 radical (unpaired) electrons. The van der Waals surface area contributed by atoms with E-state index >= 15 is 0 Å². The zero-order valence-electron chi connectivity index (χ0n) is 13.4. The molecule has 0 amide bonds. The summed E-state index contributed by atoms with van der Waals surface area (Å²) in [6.45, 7) is 0. The molecule has 0 saturated carbocycles. The first-order valence-electron chi connectivity index (χ1n) is 7.88. The van der Waals surface area contributed by atoms with Gasteiger partial charge in [0, 0.05) is 17.7 Å². The highest BCUT2D eigenvalue weighted by atomic mass is 35.5. The van der Waals surface area contributed by atoms with Gasteiger partial charge in [0.1, 0.15) is 0 Å². The van der Waals surface area contributed by atoms with Gasteiger partial charge in [-0.25, -0.2) is 0 Å². The van der Waals surface area contributed by atoms with Gasteiger partial charge in [0.05, 0.1) is 10.0 Å². The van der Waals surface area contributed by atoms with Gasteiger partial charge in [0.15, 0.2) is 0 Å². The average molecular weight is 366 g/mol. The second-order valence-electron chi connectivity index (χ2n) is 6.04. The second kappa shape index (κ2) is 7.48.